The van der Waals surface area contributed by atoms with Crippen LogP contribution in [0.3, 0.4) is 0 Å². The van der Waals surface area contributed by atoms with Crippen molar-refractivity contribution in [2.24, 2.45) is 0 Å². The number of rotatable bonds is 4. The molecule has 0 saturated heterocycles. The minimum Gasteiger partial charge on any atom is -0.542 e. The van der Waals surface area contributed by atoms with Crippen LogP contribution in [0.15, 0.2) is 18.0 Å². The predicted octanol–water partition coefficient (Wildman–Crippen LogP) is 2.31. The minimum absolute atomic E-state index is 0.0581. The molecule has 2 rings (SSSR count). The Labute approximate surface area is 130 Å². The molecular formula is C17H21FNO3-. The third-order valence-electron chi connectivity index (χ3n) is 4.07. The third-order valence-corrected chi connectivity index (χ3v) is 4.07. The molecule has 0 amide bonds. The fraction of sp³-hybridized carbons (Fsp3) is 0.471. The van der Waals surface area contributed by atoms with E-state index in [1.807, 2.05) is 6.07 Å². The summed E-state index contributed by atoms with van der Waals surface area (Å²) in [5.41, 5.74) is 2.65. The van der Waals surface area contributed by atoms with Crippen molar-refractivity contribution in [3.63, 3.8) is 0 Å². The van der Waals surface area contributed by atoms with Gasteiger partial charge in [0, 0.05) is 12.6 Å². The summed E-state index contributed by atoms with van der Waals surface area (Å²) in [6, 6.07) is 3.87. The van der Waals surface area contributed by atoms with Gasteiger partial charge in [-0.1, -0.05) is 0 Å². The van der Waals surface area contributed by atoms with Crippen molar-refractivity contribution in [2.45, 2.75) is 39.7 Å². The molecule has 4 nitrogen and oxygen atoms in total. The van der Waals surface area contributed by atoms with Crippen LogP contribution >= 0.6 is 0 Å². The van der Waals surface area contributed by atoms with Crippen molar-refractivity contribution < 1.29 is 19.0 Å². The first kappa shape index (κ1) is 16.3. The number of fused-ring (bicyclic) bond motifs is 1. The van der Waals surface area contributed by atoms with E-state index in [-0.39, 0.29) is 5.57 Å². The van der Waals surface area contributed by atoms with Gasteiger partial charge in [0.2, 0.25) is 0 Å². The highest BCUT2D eigenvalue weighted by molar-refractivity contribution is 5.92. The molecule has 1 aliphatic rings. The van der Waals surface area contributed by atoms with E-state index < -0.39 is 11.8 Å². The Morgan fingerprint density at radius 2 is 2.09 bits per heavy atom. The average molecular weight is 306 g/mol. The first-order chi connectivity index (χ1) is 10.4. The zero-order valence-corrected chi connectivity index (χ0v) is 13.4. The number of ether oxygens (including phenoxy) is 1. The van der Waals surface area contributed by atoms with Gasteiger partial charge in [0.1, 0.15) is 17.5 Å². The van der Waals surface area contributed by atoms with Gasteiger partial charge in [-0.15, -0.1) is 0 Å². The number of carbonyl (C=O) groups excluding carboxylic acids is 1. The van der Waals surface area contributed by atoms with Gasteiger partial charge in [-0.05, 0) is 62.4 Å². The van der Waals surface area contributed by atoms with Gasteiger partial charge in [-0.25, -0.2) is 4.39 Å². The predicted molar refractivity (Wildman–Crippen MR) is 82.5 cm³/mol. The third kappa shape index (κ3) is 2.93. The van der Waals surface area contributed by atoms with Crippen LogP contribution in [-0.2, 0) is 11.2 Å². The molecule has 0 N–H and O–H groups in total. The maximum absolute atomic E-state index is 13.6. The quantitative estimate of drug-likeness (QED) is 0.801. The number of hydrogen-bond donors (Lipinski definition) is 0. The summed E-state index contributed by atoms with van der Waals surface area (Å²) in [6.07, 6.45) is 1.87. The Morgan fingerprint density at radius 3 is 2.64 bits per heavy atom. The second-order valence-electron chi connectivity index (χ2n) is 5.80. The summed E-state index contributed by atoms with van der Waals surface area (Å²) in [4.78, 5) is 13.0. The van der Waals surface area contributed by atoms with Crippen LogP contribution in [0.1, 0.15) is 38.3 Å². The molecule has 0 unspecified atom stereocenters. The number of halogens is 1. The van der Waals surface area contributed by atoms with E-state index in [0.717, 1.165) is 30.6 Å². The van der Waals surface area contributed by atoms with Crippen molar-refractivity contribution in [2.75, 3.05) is 18.6 Å². The molecule has 0 bridgehead atoms. The Hall–Kier alpha value is -2.04. The molecule has 1 aromatic carbocycles. The van der Waals surface area contributed by atoms with Crippen LogP contribution in [0.2, 0.25) is 0 Å². The maximum atomic E-state index is 13.6. The zero-order chi connectivity index (χ0) is 16.4. The van der Waals surface area contributed by atoms with Crippen molar-refractivity contribution >= 4 is 17.2 Å². The number of hydrogen-bond acceptors (Lipinski definition) is 4. The van der Waals surface area contributed by atoms with Gasteiger partial charge in [0.05, 0.1) is 12.8 Å². The molecule has 0 fully saturated rings. The summed E-state index contributed by atoms with van der Waals surface area (Å²) in [7, 11) is 1.57. The van der Waals surface area contributed by atoms with Crippen LogP contribution in [0.5, 0.6) is 5.75 Å². The Kier molecular flexibility index (Phi) is 4.74. The molecule has 1 heterocycles. The van der Waals surface area contributed by atoms with Gasteiger partial charge in [0.15, 0.2) is 0 Å². The molecule has 0 atom stereocenters. The van der Waals surface area contributed by atoms with E-state index in [0.29, 0.717) is 17.4 Å². The first-order valence-electron chi connectivity index (χ1n) is 7.42. The first-order valence-corrected chi connectivity index (χ1v) is 7.42. The molecule has 0 saturated carbocycles. The highest BCUT2D eigenvalue weighted by atomic mass is 19.1. The normalized spacial score (nSPS) is 15.5. The summed E-state index contributed by atoms with van der Waals surface area (Å²) >= 11 is 0. The number of allylic oxidation sites excluding steroid dienone is 1. The molecule has 5 heteroatoms. The number of nitrogens with zero attached hydrogens (tertiary/aromatic N) is 1. The largest absolute Gasteiger partial charge is 0.542 e. The fourth-order valence-corrected chi connectivity index (χ4v) is 2.90. The maximum Gasteiger partial charge on any atom is 0.149 e. The SMILES string of the molecule is COc1cc(/C(C)=C(/F)C(=O)[O-])cc2c1N(C(C)C)CCC2. The molecule has 22 heavy (non-hydrogen) atoms. The Bertz CT molecular complexity index is 605. The average Bonchev–Trinajstić information content (AvgIpc) is 2.51. The molecule has 0 spiro atoms. The van der Waals surface area contributed by atoms with Crippen LogP contribution < -0.4 is 14.7 Å². The highest BCUT2D eigenvalue weighted by Gasteiger charge is 2.24. The number of aryl methyl sites for hydroxylation is 1. The van der Waals surface area contributed by atoms with E-state index in [1.54, 1.807) is 13.2 Å². The number of benzene rings is 1. The smallest absolute Gasteiger partial charge is 0.149 e. The van der Waals surface area contributed by atoms with Crippen molar-refractivity contribution in [3.8, 4) is 5.75 Å². The monoisotopic (exact) mass is 306 g/mol. The van der Waals surface area contributed by atoms with Crippen molar-refractivity contribution in [3.05, 3.63) is 29.1 Å². The molecule has 0 aromatic heterocycles. The van der Waals surface area contributed by atoms with Crippen LogP contribution in [0.25, 0.3) is 5.57 Å². The highest BCUT2D eigenvalue weighted by Crippen LogP contribution is 2.40. The van der Waals surface area contributed by atoms with Gasteiger partial charge in [-0.2, -0.15) is 0 Å². The summed E-state index contributed by atoms with van der Waals surface area (Å²) in [6.45, 7) is 6.62. The lowest BCUT2D eigenvalue weighted by atomic mass is 9.94. The molecule has 120 valence electrons. The molecular weight excluding hydrogens is 285 g/mol. The number of carbonyl (C=O) groups is 1. The number of aliphatic carboxylic acids is 1. The molecule has 1 aliphatic heterocycles. The fourth-order valence-electron chi connectivity index (χ4n) is 2.90. The lowest BCUT2D eigenvalue weighted by molar-refractivity contribution is -0.301. The number of methoxy groups -OCH3 is 1. The van der Waals surface area contributed by atoms with E-state index in [4.69, 9.17) is 4.74 Å². The number of carboxylic acid groups (broad SMARTS) is 1. The summed E-state index contributed by atoms with van der Waals surface area (Å²) in [5, 5.41) is 10.7. The number of anilines is 1. The van der Waals surface area contributed by atoms with Gasteiger partial charge in [0.25, 0.3) is 0 Å². The van der Waals surface area contributed by atoms with E-state index in [2.05, 4.69) is 18.7 Å². The van der Waals surface area contributed by atoms with Gasteiger partial charge < -0.3 is 19.5 Å². The van der Waals surface area contributed by atoms with Crippen LogP contribution in [0, 0.1) is 0 Å². The van der Waals surface area contributed by atoms with E-state index in [1.165, 1.54) is 6.92 Å². The lowest BCUT2D eigenvalue weighted by Crippen LogP contribution is -2.35. The Balaban J connectivity index is 2.60. The minimum atomic E-state index is -1.79. The second-order valence-corrected chi connectivity index (χ2v) is 5.80. The second kappa shape index (κ2) is 6.38. The van der Waals surface area contributed by atoms with Gasteiger partial charge in [-0.3, -0.25) is 0 Å². The Morgan fingerprint density at radius 1 is 1.41 bits per heavy atom. The van der Waals surface area contributed by atoms with Crippen LogP contribution in [0.4, 0.5) is 10.1 Å². The zero-order valence-electron chi connectivity index (χ0n) is 13.4. The molecule has 1 aromatic rings. The summed E-state index contributed by atoms with van der Waals surface area (Å²) < 4.78 is 19.1. The van der Waals surface area contributed by atoms with E-state index >= 15 is 0 Å². The van der Waals surface area contributed by atoms with E-state index in [9.17, 15) is 14.3 Å². The topological polar surface area (TPSA) is 52.6 Å². The number of carboxylic acids is 1. The molecule has 0 aliphatic carbocycles. The lowest BCUT2D eigenvalue weighted by Gasteiger charge is -2.36. The summed E-state index contributed by atoms with van der Waals surface area (Å²) in [5.74, 6) is -2.39. The molecule has 0 radical (unpaired) electrons. The van der Waals surface area contributed by atoms with Crippen molar-refractivity contribution in [1.82, 2.24) is 0 Å². The van der Waals surface area contributed by atoms with Crippen molar-refractivity contribution in [1.29, 1.82) is 0 Å². The standard InChI is InChI=1S/C17H22FNO3/c1-10(2)19-7-5-6-12-8-13(9-14(22-4)16(12)19)11(3)15(18)17(20)21/h8-10H,5-7H2,1-4H3,(H,20,21)/p-1/b15-11+. The van der Waals surface area contributed by atoms with Crippen LogP contribution in [-0.4, -0.2) is 25.7 Å². The van der Waals surface area contributed by atoms with Gasteiger partial charge >= 0.3 is 0 Å².